The molecule has 21 heavy (non-hydrogen) atoms. The Bertz CT molecular complexity index is 607. The smallest absolute Gasteiger partial charge is 0.255 e. The van der Waals surface area contributed by atoms with Gasteiger partial charge >= 0.3 is 0 Å². The van der Waals surface area contributed by atoms with E-state index < -0.39 is 5.54 Å². The molecule has 0 unspecified atom stereocenters. The third-order valence-corrected chi connectivity index (χ3v) is 3.13. The lowest BCUT2D eigenvalue weighted by molar-refractivity contribution is 0.0915. The van der Waals surface area contributed by atoms with Crippen molar-refractivity contribution < 1.29 is 4.79 Å². The Labute approximate surface area is 130 Å². The molecule has 0 aliphatic carbocycles. The molecule has 6 heteroatoms. The average Bonchev–Trinajstić information content (AvgIpc) is 2.81. The van der Waals surface area contributed by atoms with Crippen LogP contribution in [0.5, 0.6) is 0 Å². The van der Waals surface area contributed by atoms with E-state index in [9.17, 15) is 4.79 Å². The minimum Gasteiger partial charge on any atom is -0.346 e. The third kappa shape index (κ3) is 4.06. The molecule has 114 valence electrons. The number of nitrogens with zero attached hydrogens (tertiary/aromatic N) is 2. The van der Waals surface area contributed by atoms with Crippen molar-refractivity contribution in [3.8, 4) is 5.69 Å². The number of hydrogen-bond donors (Lipinski definition) is 2. The summed E-state index contributed by atoms with van der Waals surface area (Å²) in [6.45, 7) is 5.98. The van der Waals surface area contributed by atoms with Gasteiger partial charge in [-0.2, -0.15) is 5.10 Å². The number of carbonyl (C=O) groups is 1. The monoisotopic (exact) mass is 308 g/mol. The Morgan fingerprint density at radius 1 is 1.33 bits per heavy atom. The summed E-state index contributed by atoms with van der Waals surface area (Å²) in [5, 5.41) is 7.29. The number of aryl methyl sites for hydroxylation is 1. The maximum atomic E-state index is 12.3. The molecule has 1 amide bonds. The van der Waals surface area contributed by atoms with E-state index in [1.165, 1.54) is 0 Å². The summed E-state index contributed by atoms with van der Waals surface area (Å²) < 4.78 is 1.71. The van der Waals surface area contributed by atoms with Crippen LogP contribution in [0.25, 0.3) is 5.69 Å². The Balaban J connectivity index is 0.00000220. The molecule has 0 aliphatic rings. The summed E-state index contributed by atoms with van der Waals surface area (Å²) in [6, 6.07) is 9.69. The van der Waals surface area contributed by atoms with E-state index >= 15 is 0 Å². The molecular weight excluding hydrogens is 288 g/mol. The van der Waals surface area contributed by atoms with Crippen molar-refractivity contribution in [2.75, 3.05) is 6.54 Å². The van der Waals surface area contributed by atoms with Gasteiger partial charge in [-0.25, -0.2) is 4.68 Å². The fraction of sp³-hybridized carbons (Fsp3) is 0.333. The molecule has 1 aromatic heterocycles. The lowest BCUT2D eigenvalue weighted by Gasteiger charge is -2.23. The fourth-order valence-electron chi connectivity index (χ4n) is 1.82. The number of amides is 1. The minimum absolute atomic E-state index is 0. The quantitative estimate of drug-likeness (QED) is 0.908. The number of para-hydroxylation sites is 1. The van der Waals surface area contributed by atoms with Crippen LogP contribution >= 0.6 is 12.4 Å². The van der Waals surface area contributed by atoms with Gasteiger partial charge < -0.3 is 11.1 Å². The zero-order chi connectivity index (χ0) is 14.8. The Hall–Kier alpha value is -1.85. The molecule has 3 N–H and O–H groups in total. The van der Waals surface area contributed by atoms with Crippen LogP contribution in [0, 0.1) is 6.92 Å². The number of hydrogen-bond acceptors (Lipinski definition) is 3. The number of aromatic nitrogens is 2. The first-order valence-electron chi connectivity index (χ1n) is 6.57. The van der Waals surface area contributed by atoms with Gasteiger partial charge in [-0.05, 0) is 32.9 Å². The van der Waals surface area contributed by atoms with Crippen molar-refractivity contribution in [2.45, 2.75) is 26.3 Å². The molecule has 0 saturated carbocycles. The Morgan fingerprint density at radius 2 is 1.95 bits per heavy atom. The highest BCUT2D eigenvalue weighted by Gasteiger charge is 2.22. The normalized spacial score (nSPS) is 10.9. The third-order valence-electron chi connectivity index (χ3n) is 3.13. The second-order valence-electron chi connectivity index (χ2n) is 5.45. The number of nitrogens with two attached hydrogens (primary N) is 1. The van der Waals surface area contributed by atoms with Crippen LogP contribution in [0.3, 0.4) is 0 Å². The van der Waals surface area contributed by atoms with Crippen LogP contribution in [-0.4, -0.2) is 27.8 Å². The summed E-state index contributed by atoms with van der Waals surface area (Å²) >= 11 is 0. The number of rotatable bonds is 4. The lowest BCUT2D eigenvalue weighted by atomic mass is 10.1. The summed E-state index contributed by atoms with van der Waals surface area (Å²) in [5.41, 5.74) is 7.38. The Kier molecular flexibility index (Phi) is 5.52. The van der Waals surface area contributed by atoms with Crippen LogP contribution in [-0.2, 0) is 0 Å². The van der Waals surface area contributed by atoms with E-state index in [2.05, 4.69) is 10.4 Å². The number of halogens is 1. The summed E-state index contributed by atoms with van der Waals surface area (Å²) in [4.78, 5) is 12.3. The van der Waals surface area contributed by atoms with Crippen molar-refractivity contribution in [1.82, 2.24) is 15.1 Å². The van der Waals surface area contributed by atoms with E-state index in [1.807, 2.05) is 51.1 Å². The van der Waals surface area contributed by atoms with Gasteiger partial charge in [0.15, 0.2) is 0 Å². The van der Waals surface area contributed by atoms with E-state index in [4.69, 9.17) is 5.73 Å². The first-order chi connectivity index (χ1) is 9.43. The minimum atomic E-state index is -0.432. The molecule has 5 nitrogen and oxygen atoms in total. The van der Waals surface area contributed by atoms with Crippen LogP contribution in [0.15, 0.2) is 36.5 Å². The number of carbonyl (C=O) groups excluding carboxylic acids is 1. The molecule has 2 rings (SSSR count). The van der Waals surface area contributed by atoms with E-state index in [0.29, 0.717) is 17.8 Å². The van der Waals surface area contributed by atoms with Crippen molar-refractivity contribution in [3.05, 3.63) is 47.8 Å². The molecule has 0 radical (unpaired) electrons. The number of benzene rings is 1. The SMILES string of the molecule is Cc1nn(-c2ccccc2)cc1C(=O)NC(C)(C)CN.Cl. The summed E-state index contributed by atoms with van der Waals surface area (Å²) in [7, 11) is 0. The van der Waals surface area contributed by atoms with Crippen molar-refractivity contribution in [2.24, 2.45) is 5.73 Å². The van der Waals surface area contributed by atoms with Gasteiger partial charge in [-0.1, -0.05) is 18.2 Å². The summed E-state index contributed by atoms with van der Waals surface area (Å²) in [6.07, 6.45) is 1.74. The van der Waals surface area contributed by atoms with Gasteiger partial charge in [-0.15, -0.1) is 12.4 Å². The van der Waals surface area contributed by atoms with Crippen molar-refractivity contribution in [1.29, 1.82) is 0 Å². The van der Waals surface area contributed by atoms with E-state index in [-0.39, 0.29) is 18.3 Å². The maximum absolute atomic E-state index is 12.3. The fourth-order valence-corrected chi connectivity index (χ4v) is 1.82. The largest absolute Gasteiger partial charge is 0.346 e. The van der Waals surface area contributed by atoms with Crippen molar-refractivity contribution >= 4 is 18.3 Å². The van der Waals surface area contributed by atoms with E-state index in [1.54, 1.807) is 10.9 Å². The van der Waals surface area contributed by atoms with Gasteiger partial charge in [-0.3, -0.25) is 4.79 Å². The summed E-state index contributed by atoms with van der Waals surface area (Å²) in [5.74, 6) is -0.153. The molecule has 1 heterocycles. The van der Waals surface area contributed by atoms with Crippen LogP contribution in [0.4, 0.5) is 0 Å². The molecule has 0 saturated heterocycles. The van der Waals surface area contributed by atoms with Crippen LogP contribution in [0.2, 0.25) is 0 Å². The zero-order valence-electron chi connectivity index (χ0n) is 12.5. The maximum Gasteiger partial charge on any atom is 0.255 e. The Morgan fingerprint density at radius 3 is 2.52 bits per heavy atom. The van der Waals surface area contributed by atoms with Crippen LogP contribution < -0.4 is 11.1 Å². The average molecular weight is 309 g/mol. The molecule has 2 aromatic rings. The molecule has 0 bridgehead atoms. The van der Waals surface area contributed by atoms with Gasteiger partial charge in [0.1, 0.15) is 0 Å². The van der Waals surface area contributed by atoms with Gasteiger partial charge in [0.25, 0.3) is 5.91 Å². The molecular formula is C15H21ClN4O. The first kappa shape index (κ1) is 17.2. The van der Waals surface area contributed by atoms with Gasteiger partial charge in [0, 0.05) is 18.3 Å². The second kappa shape index (κ2) is 6.74. The van der Waals surface area contributed by atoms with Gasteiger partial charge in [0.05, 0.1) is 16.9 Å². The van der Waals surface area contributed by atoms with Crippen LogP contribution in [0.1, 0.15) is 29.9 Å². The highest BCUT2D eigenvalue weighted by atomic mass is 35.5. The molecule has 0 fully saturated rings. The standard InChI is InChI=1S/C15H20N4O.ClH/c1-11-13(14(20)17-15(2,3)10-16)9-19(18-11)12-7-5-4-6-8-12;/h4-9H,10,16H2,1-3H3,(H,17,20);1H. The number of nitrogens with one attached hydrogen (secondary N) is 1. The molecule has 0 atom stereocenters. The predicted molar refractivity (Wildman–Crippen MR) is 86.1 cm³/mol. The molecule has 0 aliphatic heterocycles. The molecule has 1 aromatic carbocycles. The van der Waals surface area contributed by atoms with E-state index in [0.717, 1.165) is 5.69 Å². The second-order valence-corrected chi connectivity index (χ2v) is 5.45. The highest BCUT2D eigenvalue weighted by molar-refractivity contribution is 5.95. The first-order valence-corrected chi connectivity index (χ1v) is 6.57. The topological polar surface area (TPSA) is 72.9 Å². The lowest BCUT2D eigenvalue weighted by Crippen LogP contribution is -2.48. The molecule has 0 spiro atoms. The van der Waals surface area contributed by atoms with Gasteiger partial charge in [0.2, 0.25) is 0 Å². The predicted octanol–water partition coefficient (Wildman–Crippen LogP) is 2.07. The zero-order valence-corrected chi connectivity index (χ0v) is 13.3. The van der Waals surface area contributed by atoms with Crippen molar-refractivity contribution in [3.63, 3.8) is 0 Å². The highest BCUT2D eigenvalue weighted by Crippen LogP contribution is 2.13.